The highest BCUT2D eigenvalue weighted by Gasteiger charge is 2.11. The molecule has 17 heavy (non-hydrogen) atoms. The highest BCUT2D eigenvalue weighted by atomic mass is 15.1. The lowest BCUT2D eigenvalue weighted by atomic mass is 10.1. The molecule has 0 radical (unpaired) electrons. The Morgan fingerprint density at radius 1 is 1.35 bits per heavy atom. The lowest BCUT2D eigenvalue weighted by Gasteiger charge is -2.03. The molecule has 0 saturated carbocycles. The first-order valence-corrected chi connectivity index (χ1v) is 5.54. The summed E-state index contributed by atoms with van der Waals surface area (Å²) in [5.74, 6) is 0.873. The van der Waals surface area contributed by atoms with Crippen molar-refractivity contribution in [3.63, 3.8) is 0 Å². The first kappa shape index (κ1) is 11.3. The van der Waals surface area contributed by atoms with E-state index in [0.717, 1.165) is 30.1 Å². The van der Waals surface area contributed by atoms with Gasteiger partial charge >= 0.3 is 0 Å². The molecule has 2 rings (SSSR count). The van der Waals surface area contributed by atoms with Crippen molar-refractivity contribution in [3.8, 4) is 6.07 Å². The Balaban J connectivity index is 2.17. The van der Waals surface area contributed by atoms with Crippen LogP contribution >= 0.6 is 0 Å². The van der Waals surface area contributed by atoms with Gasteiger partial charge in [-0.25, -0.2) is 4.98 Å². The van der Waals surface area contributed by atoms with E-state index < -0.39 is 0 Å². The second kappa shape index (κ2) is 4.79. The van der Waals surface area contributed by atoms with Crippen LogP contribution in [0, 0.1) is 18.3 Å². The Morgan fingerprint density at radius 2 is 2.18 bits per heavy atom. The van der Waals surface area contributed by atoms with E-state index in [4.69, 9.17) is 5.26 Å². The Labute approximate surface area is 101 Å². The quantitative estimate of drug-likeness (QED) is 0.801. The van der Waals surface area contributed by atoms with Gasteiger partial charge in [0.25, 0.3) is 0 Å². The molecule has 2 heterocycles. The average Bonchev–Trinajstić information content (AvgIpc) is 2.64. The summed E-state index contributed by atoms with van der Waals surface area (Å²) in [4.78, 5) is 8.50. The lowest BCUT2D eigenvalue weighted by molar-refractivity contribution is 0.764. The zero-order valence-corrected chi connectivity index (χ0v) is 10.0. The molecule has 0 amide bonds. The first-order valence-electron chi connectivity index (χ1n) is 5.54. The number of rotatable bonds is 3. The fraction of sp³-hybridized carbons (Fsp3) is 0.308. The Bertz CT molecular complexity index is 549. The third-order valence-corrected chi connectivity index (χ3v) is 2.89. The van der Waals surface area contributed by atoms with Gasteiger partial charge in [0.15, 0.2) is 5.69 Å². The average molecular weight is 226 g/mol. The fourth-order valence-corrected chi connectivity index (χ4v) is 1.82. The van der Waals surface area contributed by atoms with Crippen molar-refractivity contribution in [2.75, 3.05) is 0 Å². The number of hydrogen-bond acceptors (Lipinski definition) is 3. The number of pyridine rings is 1. The maximum atomic E-state index is 9.01. The molecule has 0 spiro atoms. The van der Waals surface area contributed by atoms with E-state index in [1.807, 2.05) is 36.7 Å². The standard InChI is InChI=1S/C13H14N4/c1-10-16-12(9-14)13(17(10)2)7-6-11-5-3-4-8-15-11/h3-5,8H,6-7H2,1-2H3. The summed E-state index contributed by atoms with van der Waals surface area (Å²) in [6.45, 7) is 1.91. The molecule has 0 fully saturated rings. The number of aromatic nitrogens is 3. The van der Waals surface area contributed by atoms with Crippen molar-refractivity contribution >= 4 is 0 Å². The summed E-state index contributed by atoms with van der Waals surface area (Å²) in [7, 11) is 1.94. The van der Waals surface area contributed by atoms with Crippen molar-refractivity contribution in [3.05, 3.63) is 47.3 Å². The van der Waals surface area contributed by atoms with Crippen LogP contribution in [0.3, 0.4) is 0 Å². The summed E-state index contributed by atoms with van der Waals surface area (Å²) < 4.78 is 1.97. The van der Waals surface area contributed by atoms with E-state index >= 15 is 0 Å². The molecule has 0 aliphatic heterocycles. The largest absolute Gasteiger partial charge is 0.334 e. The van der Waals surface area contributed by atoms with Crippen LogP contribution in [0.25, 0.3) is 0 Å². The molecule has 4 heteroatoms. The zero-order chi connectivity index (χ0) is 12.3. The second-order valence-electron chi connectivity index (χ2n) is 3.95. The van der Waals surface area contributed by atoms with Crippen LogP contribution in [0.2, 0.25) is 0 Å². The molecule has 0 bridgehead atoms. The van der Waals surface area contributed by atoms with Crippen molar-refractivity contribution < 1.29 is 0 Å². The molecule has 0 unspecified atom stereocenters. The lowest BCUT2D eigenvalue weighted by Crippen LogP contribution is -2.02. The number of aryl methyl sites for hydroxylation is 2. The molecule has 0 aliphatic rings. The molecule has 2 aromatic rings. The maximum absolute atomic E-state index is 9.01. The van der Waals surface area contributed by atoms with Gasteiger partial charge in [0.2, 0.25) is 0 Å². The zero-order valence-electron chi connectivity index (χ0n) is 10.0. The molecule has 0 atom stereocenters. The number of imidazole rings is 1. The number of nitrogens with zero attached hydrogens (tertiary/aromatic N) is 4. The third-order valence-electron chi connectivity index (χ3n) is 2.89. The number of hydrogen-bond donors (Lipinski definition) is 0. The molecule has 2 aromatic heterocycles. The van der Waals surface area contributed by atoms with Crippen LogP contribution < -0.4 is 0 Å². The van der Waals surface area contributed by atoms with Gasteiger partial charge < -0.3 is 4.57 Å². The minimum absolute atomic E-state index is 0.529. The van der Waals surface area contributed by atoms with Gasteiger partial charge in [-0.1, -0.05) is 6.07 Å². The smallest absolute Gasteiger partial charge is 0.161 e. The van der Waals surface area contributed by atoms with Gasteiger partial charge in [0, 0.05) is 18.9 Å². The SMILES string of the molecule is Cc1nc(C#N)c(CCc2ccccn2)n1C. The topological polar surface area (TPSA) is 54.5 Å². The van der Waals surface area contributed by atoms with Crippen molar-refractivity contribution in [1.82, 2.24) is 14.5 Å². The van der Waals surface area contributed by atoms with Gasteiger partial charge in [-0.05, 0) is 31.9 Å². The van der Waals surface area contributed by atoms with Crippen LogP contribution in [-0.2, 0) is 19.9 Å². The molecule has 4 nitrogen and oxygen atoms in total. The minimum Gasteiger partial charge on any atom is -0.334 e. The molecule has 86 valence electrons. The van der Waals surface area contributed by atoms with Crippen LogP contribution in [0.1, 0.15) is 22.9 Å². The van der Waals surface area contributed by atoms with E-state index in [9.17, 15) is 0 Å². The molecule has 0 aromatic carbocycles. The highest BCUT2D eigenvalue weighted by molar-refractivity contribution is 5.29. The third kappa shape index (κ3) is 2.34. The van der Waals surface area contributed by atoms with Gasteiger partial charge in [-0.2, -0.15) is 5.26 Å². The van der Waals surface area contributed by atoms with Crippen LogP contribution in [0.5, 0.6) is 0 Å². The Hall–Kier alpha value is -2.15. The monoisotopic (exact) mass is 226 g/mol. The Morgan fingerprint density at radius 3 is 2.82 bits per heavy atom. The van der Waals surface area contributed by atoms with E-state index in [1.54, 1.807) is 6.20 Å². The summed E-state index contributed by atoms with van der Waals surface area (Å²) in [6.07, 6.45) is 3.40. The van der Waals surface area contributed by atoms with E-state index in [1.165, 1.54) is 0 Å². The summed E-state index contributed by atoms with van der Waals surface area (Å²) in [5.41, 5.74) is 2.55. The van der Waals surface area contributed by atoms with E-state index in [0.29, 0.717) is 5.69 Å². The predicted octanol–water partition coefficient (Wildman–Crippen LogP) is 1.78. The first-order chi connectivity index (χ1) is 8.22. The predicted molar refractivity (Wildman–Crippen MR) is 64.3 cm³/mol. The summed E-state index contributed by atoms with van der Waals surface area (Å²) >= 11 is 0. The van der Waals surface area contributed by atoms with Gasteiger partial charge in [0.1, 0.15) is 11.9 Å². The van der Waals surface area contributed by atoms with Crippen LogP contribution in [0.15, 0.2) is 24.4 Å². The fourth-order valence-electron chi connectivity index (χ4n) is 1.82. The van der Waals surface area contributed by atoms with Crippen LogP contribution in [-0.4, -0.2) is 14.5 Å². The highest BCUT2D eigenvalue weighted by Crippen LogP contribution is 2.11. The van der Waals surface area contributed by atoms with Gasteiger partial charge in [-0.3, -0.25) is 4.98 Å². The van der Waals surface area contributed by atoms with E-state index in [-0.39, 0.29) is 0 Å². The van der Waals surface area contributed by atoms with Gasteiger partial charge in [-0.15, -0.1) is 0 Å². The summed E-state index contributed by atoms with van der Waals surface area (Å²) in [6, 6.07) is 8.01. The molecular formula is C13H14N4. The van der Waals surface area contributed by atoms with E-state index in [2.05, 4.69) is 16.0 Å². The molecule has 0 saturated heterocycles. The summed E-state index contributed by atoms with van der Waals surface area (Å²) in [5, 5.41) is 9.01. The molecule has 0 aliphatic carbocycles. The number of nitriles is 1. The van der Waals surface area contributed by atoms with Crippen molar-refractivity contribution in [2.24, 2.45) is 7.05 Å². The van der Waals surface area contributed by atoms with Crippen LogP contribution in [0.4, 0.5) is 0 Å². The Kier molecular flexibility index (Phi) is 3.20. The molecule has 0 N–H and O–H groups in total. The maximum Gasteiger partial charge on any atom is 0.161 e. The molecular weight excluding hydrogens is 212 g/mol. The second-order valence-corrected chi connectivity index (χ2v) is 3.95. The van der Waals surface area contributed by atoms with Gasteiger partial charge in [0.05, 0.1) is 5.69 Å². The van der Waals surface area contributed by atoms with Crippen molar-refractivity contribution in [2.45, 2.75) is 19.8 Å². The van der Waals surface area contributed by atoms with Crippen molar-refractivity contribution in [1.29, 1.82) is 5.26 Å². The normalized spacial score (nSPS) is 10.2. The minimum atomic E-state index is 0.529.